The normalized spacial score (nSPS) is 22.4. The first kappa shape index (κ1) is 14.1. The van der Waals surface area contributed by atoms with E-state index in [1.807, 2.05) is 23.1 Å². The van der Waals surface area contributed by atoms with Crippen molar-refractivity contribution in [3.8, 4) is 0 Å². The number of nitrogens with zero attached hydrogens (tertiary/aromatic N) is 1. The Morgan fingerprint density at radius 2 is 2.05 bits per heavy atom. The molecule has 3 nitrogen and oxygen atoms in total. The van der Waals surface area contributed by atoms with Gasteiger partial charge in [-0.2, -0.15) is 0 Å². The number of hydrogen-bond donors (Lipinski definition) is 1. The topological polar surface area (TPSA) is 32.3 Å². The molecule has 1 aromatic rings. The quantitative estimate of drug-likeness (QED) is 0.881. The number of carbonyl (C=O) groups excluding carboxylic acids is 1. The molecule has 1 amide bonds. The predicted octanol–water partition coefficient (Wildman–Crippen LogP) is 2.28. The van der Waals surface area contributed by atoms with Gasteiger partial charge in [0.15, 0.2) is 0 Å². The molecule has 0 bridgehead atoms. The van der Waals surface area contributed by atoms with Crippen LogP contribution in [0.5, 0.6) is 0 Å². The molecule has 1 heterocycles. The van der Waals surface area contributed by atoms with Crippen molar-refractivity contribution in [2.45, 2.75) is 26.8 Å². The van der Waals surface area contributed by atoms with Gasteiger partial charge in [0.2, 0.25) is 5.91 Å². The fraction of sp³-hybridized carbons (Fsp3) is 0.562. The van der Waals surface area contributed by atoms with Gasteiger partial charge in [0.1, 0.15) is 0 Å². The summed E-state index contributed by atoms with van der Waals surface area (Å²) < 4.78 is 0. The molecule has 3 heteroatoms. The van der Waals surface area contributed by atoms with Crippen LogP contribution in [-0.4, -0.2) is 30.4 Å². The maximum atomic E-state index is 12.6. The van der Waals surface area contributed by atoms with Gasteiger partial charge in [-0.05, 0) is 24.4 Å². The van der Waals surface area contributed by atoms with E-state index in [1.54, 1.807) is 0 Å². The van der Waals surface area contributed by atoms with Crippen molar-refractivity contribution in [1.29, 1.82) is 0 Å². The van der Waals surface area contributed by atoms with Crippen LogP contribution in [0.1, 0.15) is 25.8 Å². The molecule has 2 atom stereocenters. The Hall–Kier alpha value is -1.35. The van der Waals surface area contributed by atoms with E-state index in [0.717, 1.165) is 32.6 Å². The van der Waals surface area contributed by atoms with Crippen molar-refractivity contribution in [2.24, 2.45) is 11.8 Å². The van der Waals surface area contributed by atoms with Gasteiger partial charge in [-0.15, -0.1) is 0 Å². The molecule has 1 saturated heterocycles. The molecular formula is C16H24N2O. The lowest BCUT2D eigenvalue weighted by atomic mass is 9.96. The van der Waals surface area contributed by atoms with Crippen molar-refractivity contribution in [2.75, 3.05) is 19.6 Å². The highest BCUT2D eigenvalue weighted by molar-refractivity contribution is 5.79. The first-order chi connectivity index (χ1) is 9.22. The summed E-state index contributed by atoms with van der Waals surface area (Å²) in [6.07, 6.45) is 1.01. The molecule has 2 rings (SSSR count). The molecule has 1 fully saturated rings. The molecule has 1 aromatic carbocycles. The Balaban J connectivity index is 2.04. The Bertz CT molecular complexity index is 404. The summed E-state index contributed by atoms with van der Waals surface area (Å²) in [7, 11) is 0. The lowest BCUT2D eigenvalue weighted by Crippen LogP contribution is -2.38. The first-order valence-corrected chi connectivity index (χ1v) is 7.25. The van der Waals surface area contributed by atoms with Crippen LogP contribution in [0.3, 0.4) is 0 Å². The van der Waals surface area contributed by atoms with Crippen LogP contribution in [0.2, 0.25) is 0 Å². The van der Waals surface area contributed by atoms with Crippen LogP contribution in [0.4, 0.5) is 0 Å². The Kier molecular flexibility index (Phi) is 4.97. The maximum absolute atomic E-state index is 12.6. The second-order valence-corrected chi connectivity index (χ2v) is 5.49. The first-order valence-electron chi connectivity index (χ1n) is 7.25. The van der Waals surface area contributed by atoms with Crippen LogP contribution < -0.4 is 5.32 Å². The summed E-state index contributed by atoms with van der Waals surface area (Å²) in [4.78, 5) is 14.7. The minimum atomic E-state index is 0.148. The van der Waals surface area contributed by atoms with Gasteiger partial charge in [-0.25, -0.2) is 0 Å². The average molecular weight is 260 g/mol. The van der Waals surface area contributed by atoms with E-state index in [4.69, 9.17) is 0 Å². The van der Waals surface area contributed by atoms with Gasteiger partial charge in [-0.3, -0.25) is 4.79 Å². The third kappa shape index (κ3) is 3.57. The standard InChI is InChI=1S/C16H24N2O/c1-3-9-18(12-14-7-5-4-6-8-14)16(19)15-11-17-10-13(15)2/h4-8,13,15,17H,3,9-12H2,1-2H3. The van der Waals surface area contributed by atoms with Crippen molar-refractivity contribution in [1.82, 2.24) is 10.2 Å². The molecule has 0 spiro atoms. The lowest BCUT2D eigenvalue weighted by molar-refractivity contribution is -0.136. The zero-order chi connectivity index (χ0) is 13.7. The molecule has 104 valence electrons. The van der Waals surface area contributed by atoms with E-state index >= 15 is 0 Å². The zero-order valence-electron chi connectivity index (χ0n) is 11.9. The number of hydrogen-bond acceptors (Lipinski definition) is 2. The number of carbonyl (C=O) groups is 1. The van der Waals surface area contributed by atoms with Gasteiger partial charge in [0.25, 0.3) is 0 Å². The molecule has 0 aliphatic carbocycles. The highest BCUT2D eigenvalue weighted by Crippen LogP contribution is 2.20. The van der Waals surface area contributed by atoms with Crippen LogP contribution in [0, 0.1) is 11.8 Å². The SMILES string of the molecule is CCCN(Cc1ccccc1)C(=O)C1CNCC1C. The summed E-state index contributed by atoms with van der Waals surface area (Å²) >= 11 is 0. The number of nitrogens with one attached hydrogen (secondary N) is 1. The van der Waals surface area contributed by atoms with E-state index in [2.05, 4.69) is 31.3 Å². The Morgan fingerprint density at radius 3 is 2.63 bits per heavy atom. The molecular weight excluding hydrogens is 236 g/mol. The second-order valence-electron chi connectivity index (χ2n) is 5.49. The van der Waals surface area contributed by atoms with Crippen molar-refractivity contribution in [3.05, 3.63) is 35.9 Å². The number of benzene rings is 1. The third-order valence-electron chi connectivity index (χ3n) is 3.86. The Labute approximate surface area is 116 Å². The van der Waals surface area contributed by atoms with Crippen molar-refractivity contribution >= 4 is 5.91 Å². The fourth-order valence-corrected chi connectivity index (χ4v) is 2.72. The summed E-state index contributed by atoms with van der Waals surface area (Å²) in [6, 6.07) is 10.3. The van der Waals surface area contributed by atoms with E-state index in [0.29, 0.717) is 11.8 Å². The van der Waals surface area contributed by atoms with E-state index in [-0.39, 0.29) is 5.92 Å². The zero-order valence-corrected chi connectivity index (χ0v) is 11.9. The minimum Gasteiger partial charge on any atom is -0.338 e. The minimum absolute atomic E-state index is 0.148. The fourth-order valence-electron chi connectivity index (χ4n) is 2.72. The number of rotatable bonds is 5. The predicted molar refractivity (Wildman–Crippen MR) is 77.7 cm³/mol. The average Bonchev–Trinajstić information content (AvgIpc) is 2.85. The third-order valence-corrected chi connectivity index (χ3v) is 3.86. The van der Waals surface area contributed by atoms with E-state index < -0.39 is 0 Å². The smallest absolute Gasteiger partial charge is 0.227 e. The van der Waals surface area contributed by atoms with E-state index in [9.17, 15) is 4.79 Å². The molecule has 2 unspecified atom stereocenters. The molecule has 19 heavy (non-hydrogen) atoms. The van der Waals surface area contributed by atoms with Crippen LogP contribution in [0.25, 0.3) is 0 Å². The summed E-state index contributed by atoms with van der Waals surface area (Å²) in [5.41, 5.74) is 1.21. The van der Waals surface area contributed by atoms with Gasteiger partial charge in [-0.1, -0.05) is 44.2 Å². The van der Waals surface area contributed by atoms with Crippen molar-refractivity contribution in [3.63, 3.8) is 0 Å². The molecule has 1 aliphatic rings. The molecule has 0 aromatic heterocycles. The van der Waals surface area contributed by atoms with Crippen LogP contribution in [0.15, 0.2) is 30.3 Å². The van der Waals surface area contributed by atoms with Crippen LogP contribution >= 0.6 is 0 Å². The summed E-state index contributed by atoms with van der Waals surface area (Å²) in [5, 5.41) is 3.32. The van der Waals surface area contributed by atoms with Gasteiger partial charge in [0.05, 0.1) is 5.92 Å². The van der Waals surface area contributed by atoms with E-state index in [1.165, 1.54) is 5.56 Å². The molecule has 0 saturated carbocycles. The monoisotopic (exact) mass is 260 g/mol. The highest BCUT2D eigenvalue weighted by Gasteiger charge is 2.32. The molecule has 0 radical (unpaired) electrons. The largest absolute Gasteiger partial charge is 0.338 e. The lowest BCUT2D eigenvalue weighted by Gasteiger charge is -2.26. The highest BCUT2D eigenvalue weighted by atomic mass is 16.2. The molecule has 1 aliphatic heterocycles. The van der Waals surface area contributed by atoms with Gasteiger partial charge < -0.3 is 10.2 Å². The Morgan fingerprint density at radius 1 is 1.32 bits per heavy atom. The summed E-state index contributed by atoms with van der Waals surface area (Å²) in [6.45, 7) is 7.65. The number of amides is 1. The summed E-state index contributed by atoms with van der Waals surface area (Å²) in [5.74, 6) is 0.904. The maximum Gasteiger partial charge on any atom is 0.227 e. The van der Waals surface area contributed by atoms with Gasteiger partial charge in [0, 0.05) is 19.6 Å². The second kappa shape index (κ2) is 6.71. The van der Waals surface area contributed by atoms with Crippen LogP contribution in [-0.2, 0) is 11.3 Å². The molecule has 1 N–H and O–H groups in total. The van der Waals surface area contributed by atoms with Gasteiger partial charge >= 0.3 is 0 Å². The van der Waals surface area contributed by atoms with Crippen molar-refractivity contribution < 1.29 is 4.79 Å².